The lowest BCUT2D eigenvalue weighted by Crippen LogP contribution is -2.29. The van der Waals surface area contributed by atoms with E-state index in [1.807, 2.05) is 26.8 Å². The van der Waals surface area contributed by atoms with E-state index in [4.69, 9.17) is 5.11 Å². The Bertz CT molecular complexity index is 806. The Morgan fingerprint density at radius 3 is 2.24 bits per heavy atom. The second-order valence-corrected chi connectivity index (χ2v) is 5.64. The van der Waals surface area contributed by atoms with Gasteiger partial charge in [-0.1, -0.05) is 0 Å². The Hall–Kier alpha value is -3.09. The molecule has 7 heteroatoms. The van der Waals surface area contributed by atoms with Crippen LogP contribution in [-0.4, -0.2) is 34.0 Å². The molecule has 1 heterocycles. The fraction of sp³-hybridized carbons (Fsp3) is 0.278. The lowest BCUT2D eigenvalue weighted by molar-refractivity contribution is -0.135. The van der Waals surface area contributed by atoms with E-state index < -0.39 is 18.4 Å². The summed E-state index contributed by atoms with van der Waals surface area (Å²) >= 11 is 0. The molecule has 0 atom stereocenters. The van der Waals surface area contributed by atoms with Gasteiger partial charge in [-0.2, -0.15) is 0 Å². The van der Waals surface area contributed by atoms with Crippen LogP contribution in [0.2, 0.25) is 0 Å². The molecule has 0 saturated heterocycles. The number of rotatable bonds is 6. The van der Waals surface area contributed by atoms with Crippen molar-refractivity contribution in [3.05, 3.63) is 52.8 Å². The SMILES string of the molecule is CCn1c(C)cc(C(=O)Nc2ccc(C(=O)NCC(=O)O)cc2)c1C. The van der Waals surface area contributed by atoms with Crippen molar-refractivity contribution in [3.8, 4) is 0 Å². The number of anilines is 1. The maximum Gasteiger partial charge on any atom is 0.322 e. The van der Waals surface area contributed by atoms with Gasteiger partial charge in [0.1, 0.15) is 6.54 Å². The Balaban J connectivity index is 2.07. The number of hydrogen-bond donors (Lipinski definition) is 3. The molecular weight excluding hydrogens is 322 g/mol. The maximum absolute atomic E-state index is 12.4. The first-order chi connectivity index (χ1) is 11.8. The van der Waals surface area contributed by atoms with Gasteiger partial charge < -0.3 is 20.3 Å². The van der Waals surface area contributed by atoms with Crippen molar-refractivity contribution in [2.45, 2.75) is 27.3 Å². The summed E-state index contributed by atoms with van der Waals surface area (Å²) in [6, 6.07) is 8.12. The Labute approximate surface area is 145 Å². The Kier molecular flexibility index (Phi) is 5.59. The fourth-order valence-electron chi connectivity index (χ4n) is 2.68. The highest BCUT2D eigenvalue weighted by Crippen LogP contribution is 2.17. The van der Waals surface area contributed by atoms with Crippen molar-refractivity contribution in [3.63, 3.8) is 0 Å². The molecule has 7 nitrogen and oxygen atoms in total. The highest BCUT2D eigenvalue weighted by Gasteiger charge is 2.15. The van der Waals surface area contributed by atoms with E-state index in [9.17, 15) is 14.4 Å². The summed E-state index contributed by atoms with van der Waals surface area (Å²) in [6.45, 7) is 6.24. The minimum Gasteiger partial charge on any atom is -0.480 e. The average molecular weight is 343 g/mol. The van der Waals surface area contributed by atoms with Gasteiger partial charge in [0.2, 0.25) is 0 Å². The summed E-state index contributed by atoms with van der Waals surface area (Å²) in [5.41, 5.74) is 3.42. The summed E-state index contributed by atoms with van der Waals surface area (Å²) in [7, 11) is 0. The van der Waals surface area contributed by atoms with E-state index in [1.165, 1.54) is 12.1 Å². The number of aliphatic carboxylic acids is 1. The zero-order valence-corrected chi connectivity index (χ0v) is 14.4. The molecule has 0 unspecified atom stereocenters. The van der Waals surface area contributed by atoms with Crippen LogP contribution < -0.4 is 10.6 Å². The minimum atomic E-state index is -1.11. The third-order valence-electron chi connectivity index (χ3n) is 3.94. The van der Waals surface area contributed by atoms with E-state index in [-0.39, 0.29) is 5.91 Å². The van der Waals surface area contributed by atoms with Crippen LogP contribution in [0.5, 0.6) is 0 Å². The van der Waals surface area contributed by atoms with E-state index in [1.54, 1.807) is 12.1 Å². The quantitative estimate of drug-likeness (QED) is 0.748. The molecule has 0 aliphatic heterocycles. The monoisotopic (exact) mass is 343 g/mol. The van der Waals surface area contributed by atoms with Gasteiger partial charge in [0.05, 0.1) is 5.56 Å². The van der Waals surface area contributed by atoms with Crippen molar-refractivity contribution < 1.29 is 19.5 Å². The summed E-state index contributed by atoms with van der Waals surface area (Å²) in [6.07, 6.45) is 0. The summed E-state index contributed by atoms with van der Waals surface area (Å²) < 4.78 is 2.06. The number of aryl methyl sites for hydroxylation is 1. The zero-order chi connectivity index (χ0) is 18.6. The molecule has 2 aromatic rings. The smallest absolute Gasteiger partial charge is 0.322 e. The van der Waals surface area contributed by atoms with E-state index in [0.717, 1.165) is 17.9 Å². The number of nitrogens with zero attached hydrogens (tertiary/aromatic N) is 1. The van der Waals surface area contributed by atoms with Gasteiger partial charge in [0.25, 0.3) is 11.8 Å². The number of carboxylic acids is 1. The van der Waals surface area contributed by atoms with Crippen LogP contribution in [0.25, 0.3) is 0 Å². The Morgan fingerprint density at radius 2 is 1.72 bits per heavy atom. The molecule has 25 heavy (non-hydrogen) atoms. The zero-order valence-electron chi connectivity index (χ0n) is 14.4. The van der Waals surface area contributed by atoms with Crippen LogP contribution in [0.15, 0.2) is 30.3 Å². The van der Waals surface area contributed by atoms with E-state index >= 15 is 0 Å². The molecule has 0 fully saturated rings. The normalized spacial score (nSPS) is 10.4. The van der Waals surface area contributed by atoms with Gasteiger partial charge in [-0.3, -0.25) is 14.4 Å². The van der Waals surface area contributed by atoms with Crippen LogP contribution in [0.4, 0.5) is 5.69 Å². The van der Waals surface area contributed by atoms with Gasteiger partial charge in [-0.15, -0.1) is 0 Å². The molecule has 0 saturated carbocycles. The summed E-state index contributed by atoms with van der Waals surface area (Å²) in [4.78, 5) is 34.7. The second kappa shape index (κ2) is 7.65. The third kappa shape index (κ3) is 4.26. The maximum atomic E-state index is 12.4. The van der Waals surface area contributed by atoms with Gasteiger partial charge >= 0.3 is 5.97 Å². The Morgan fingerprint density at radius 1 is 1.08 bits per heavy atom. The number of amides is 2. The van der Waals surface area contributed by atoms with Crippen molar-refractivity contribution in [2.75, 3.05) is 11.9 Å². The number of carbonyl (C=O) groups excluding carboxylic acids is 2. The van der Waals surface area contributed by atoms with Crippen LogP contribution in [0.3, 0.4) is 0 Å². The molecule has 0 bridgehead atoms. The molecular formula is C18H21N3O4. The predicted molar refractivity (Wildman–Crippen MR) is 93.9 cm³/mol. The number of aromatic nitrogens is 1. The average Bonchev–Trinajstić information content (AvgIpc) is 2.87. The number of carbonyl (C=O) groups is 3. The first-order valence-corrected chi connectivity index (χ1v) is 7.91. The molecule has 1 aromatic carbocycles. The lowest BCUT2D eigenvalue weighted by atomic mass is 10.1. The number of benzene rings is 1. The van der Waals surface area contributed by atoms with E-state index in [2.05, 4.69) is 15.2 Å². The molecule has 0 spiro atoms. The van der Waals surface area contributed by atoms with Crippen LogP contribution >= 0.6 is 0 Å². The van der Waals surface area contributed by atoms with Crippen molar-refractivity contribution in [1.29, 1.82) is 0 Å². The molecule has 3 N–H and O–H groups in total. The topological polar surface area (TPSA) is 100 Å². The largest absolute Gasteiger partial charge is 0.480 e. The molecule has 2 rings (SSSR count). The lowest BCUT2D eigenvalue weighted by Gasteiger charge is -2.08. The molecule has 0 radical (unpaired) electrons. The molecule has 0 aliphatic rings. The number of carboxylic acid groups (broad SMARTS) is 1. The number of nitrogens with one attached hydrogen (secondary N) is 2. The van der Waals surface area contributed by atoms with Crippen molar-refractivity contribution >= 4 is 23.5 Å². The molecule has 1 aromatic heterocycles. The van der Waals surface area contributed by atoms with Gasteiger partial charge in [-0.25, -0.2) is 0 Å². The third-order valence-corrected chi connectivity index (χ3v) is 3.94. The first kappa shape index (κ1) is 18.3. The van der Waals surface area contributed by atoms with Crippen molar-refractivity contribution in [2.24, 2.45) is 0 Å². The highest BCUT2D eigenvalue weighted by molar-refractivity contribution is 6.05. The summed E-state index contributed by atoms with van der Waals surface area (Å²) in [5, 5.41) is 13.6. The van der Waals surface area contributed by atoms with Gasteiger partial charge in [0, 0.05) is 29.2 Å². The van der Waals surface area contributed by atoms with Crippen molar-refractivity contribution in [1.82, 2.24) is 9.88 Å². The summed E-state index contributed by atoms with van der Waals surface area (Å²) in [5.74, 6) is -1.80. The molecule has 0 aliphatic carbocycles. The molecule has 2 amide bonds. The highest BCUT2D eigenvalue weighted by atomic mass is 16.4. The van der Waals surface area contributed by atoms with Gasteiger partial charge in [-0.05, 0) is 51.1 Å². The number of hydrogen-bond acceptors (Lipinski definition) is 3. The predicted octanol–water partition coefficient (Wildman–Crippen LogP) is 2.19. The van der Waals surface area contributed by atoms with Crippen LogP contribution in [0.1, 0.15) is 39.0 Å². The van der Waals surface area contributed by atoms with Crippen LogP contribution in [0, 0.1) is 13.8 Å². The van der Waals surface area contributed by atoms with Gasteiger partial charge in [0.15, 0.2) is 0 Å². The second-order valence-electron chi connectivity index (χ2n) is 5.64. The van der Waals surface area contributed by atoms with Crippen LogP contribution in [-0.2, 0) is 11.3 Å². The first-order valence-electron chi connectivity index (χ1n) is 7.91. The molecule has 132 valence electrons. The standard InChI is InChI=1S/C18H21N3O4/c1-4-21-11(2)9-15(12(21)3)18(25)20-14-7-5-13(6-8-14)17(24)19-10-16(22)23/h5-9H,4,10H2,1-3H3,(H,19,24)(H,20,25)(H,22,23). The fourth-order valence-corrected chi connectivity index (χ4v) is 2.68. The van der Waals surface area contributed by atoms with E-state index in [0.29, 0.717) is 16.8 Å². The minimum absolute atomic E-state index is 0.212.